The summed E-state index contributed by atoms with van der Waals surface area (Å²) in [6.45, 7) is 6.24. The Kier molecular flexibility index (Phi) is 3.87. The molecule has 0 radical (unpaired) electrons. The van der Waals surface area contributed by atoms with Gasteiger partial charge in [-0.2, -0.15) is 0 Å². The summed E-state index contributed by atoms with van der Waals surface area (Å²) in [7, 11) is 0. The van der Waals surface area contributed by atoms with E-state index in [1.807, 2.05) is 13.0 Å². The van der Waals surface area contributed by atoms with E-state index < -0.39 is 0 Å². The number of hydrogen-bond acceptors (Lipinski definition) is 4. The standard InChI is InChI=1S/C14H17N3S/c1-4-13-16-12(15)8-14(17-13)18-11-6-5-9(2)7-10(11)3/h5-8H,4H2,1-3H3,(H2,15,16,17). The first-order valence-corrected chi connectivity index (χ1v) is 6.78. The average Bonchev–Trinajstić information content (AvgIpc) is 2.32. The van der Waals surface area contributed by atoms with Crippen molar-refractivity contribution >= 4 is 17.6 Å². The third-order valence-electron chi connectivity index (χ3n) is 2.63. The lowest BCUT2D eigenvalue weighted by Gasteiger charge is -2.07. The molecule has 18 heavy (non-hydrogen) atoms. The Bertz CT molecular complexity index is 567. The van der Waals surface area contributed by atoms with Crippen LogP contribution in [0.1, 0.15) is 23.9 Å². The molecule has 0 aliphatic carbocycles. The SMILES string of the molecule is CCc1nc(N)cc(Sc2ccc(C)cc2C)n1. The van der Waals surface area contributed by atoms with Crippen molar-refractivity contribution in [1.29, 1.82) is 0 Å². The lowest BCUT2D eigenvalue weighted by atomic mass is 10.2. The molecule has 2 N–H and O–H groups in total. The highest BCUT2D eigenvalue weighted by Crippen LogP contribution is 2.30. The first-order chi connectivity index (χ1) is 8.58. The van der Waals surface area contributed by atoms with E-state index in [4.69, 9.17) is 5.73 Å². The molecule has 1 aromatic carbocycles. The van der Waals surface area contributed by atoms with Gasteiger partial charge in [0, 0.05) is 17.4 Å². The fraction of sp³-hybridized carbons (Fsp3) is 0.286. The Morgan fingerprint density at radius 2 is 1.94 bits per heavy atom. The molecule has 0 fully saturated rings. The molecule has 0 aliphatic heterocycles. The number of benzene rings is 1. The molecule has 2 rings (SSSR count). The molecule has 0 saturated carbocycles. The third kappa shape index (κ3) is 3.01. The van der Waals surface area contributed by atoms with Crippen molar-refractivity contribution in [1.82, 2.24) is 9.97 Å². The second-order valence-corrected chi connectivity index (χ2v) is 5.33. The molecule has 1 heterocycles. The van der Waals surface area contributed by atoms with E-state index in [2.05, 4.69) is 42.0 Å². The average molecular weight is 259 g/mol. The fourth-order valence-corrected chi connectivity index (χ4v) is 2.64. The maximum atomic E-state index is 5.79. The summed E-state index contributed by atoms with van der Waals surface area (Å²) >= 11 is 1.64. The van der Waals surface area contributed by atoms with Crippen molar-refractivity contribution < 1.29 is 0 Å². The predicted octanol–water partition coefficient (Wildman–Crippen LogP) is 3.39. The van der Waals surface area contributed by atoms with Crippen molar-refractivity contribution in [2.24, 2.45) is 0 Å². The molecule has 0 aliphatic rings. The van der Waals surface area contributed by atoms with Gasteiger partial charge in [0.1, 0.15) is 16.7 Å². The second kappa shape index (κ2) is 5.40. The van der Waals surface area contributed by atoms with Gasteiger partial charge in [-0.3, -0.25) is 0 Å². The van der Waals surface area contributed by atoms with Crippen LogP contribution >= 0.6 is 11.8 Å². The van der Waals surface area contributed by atoms with Crippen LogP contribution in [0, 0.1) is 13.8 Å². The number of hydrogen-bond donors (Lipinski definition) is 1. The van der Waals surface area contributed by atoms with Gasteiger partial charge in [-0.05, 0) is 25.5 Å². The summed E-state index contributed by atoms with van der Waals surface area (Å²) in [6, 6.07) is 8.23. The minimum absolute atomic E-state index is 0.536. The quantitative estimate of drug-likeness (QED) is 0.858. The number of nitrogen functional groups attached to an aromatic ring is 1. The molecule has 3 nitrogen and oxygen atoms in total. The highest BCUT2D eigenvalue weighted by molar-refractivity contribution is 7.99. The number of rotatable bonds is 3. The van der Waals surface area contributed by atoms with Gasteiger partial charge in [0.2, 0.25) is 0 Å². The number of aryl methyl sites for hydroxylation is 3. The molecule has 2 aromatic rings. The van der Waals surface area contributed by atoms with Gasteiger partial charge in [0.05, 0.1) is 0 Å². The van der Waals surface area contributed by atoms with Crippen LogP contribution in [0.25, 0.3) is 0 Å². The van der Waals surface area contributed by atoms with Crippen molar-refractivity contribution in [2.45, 2.75) is 37.1 Å². The van der Waals surface area contributed by atoms with E-state index in [0.717, 1.165) is 17.3 Å². The van der Waals surface area contributed by atoms with Crippen LogP contribution in [0.3, 0.4) is 0 Å². The lowest BCUT2D eigenvalue weighted by Crippen LogP contribution is -1.99. The Labute approximate surface area is 112 Å². The zero-order chi connectivity index (χ0) is 13.1. The number of aromatic nitrogens is 2. The molecule has 0 atom stereocenters. The predicted molar refractivity (Wildman–Crippen MR) is 75.9 cm³/mol. The van der Waals surface area contributed by atoms with Crippen molar-refractivity contribution in [2.75, 3.05) is 5.73 Å². The summed E-state index contributed by atoms with van der Waals surface area (Å²) < 4.78 is 0. The molecule has 4 heteroatoms. The minimum Gasteiger partial charge on any atom is -0.384 e. The van der Waals surface area contributed by atoms with Crippen LogP contribution in [0.2, 0.25) is 0 Å². The van der Waals surface area contributed by atoms with E-state index in [-0.39, 0.29) is 0 Å². The normalized spacial score (nSPS) is 10.6. The zero-order valence-electron chi connectivity index (χ0n) is 10.9. The van der Waals surface area contributed by atoms with Crippen LogP contribution in [0.5, 0.6) is 0 Å². The molecule has 0 bridgehead atoms. The van der Waals surface area contributed by atoms with E-state index in [9.17, 15) is 0 Å². The van der Waals surface area contributed by atoms with Crippen LogP contribution in [0.15, 0.2) is 34.2 Å². The van der Waals surface area contributed by atoms with Gasteiger partial charge in [-0.25, -0.2) is 9.97 Å². The molecule has 0 unspecified atom stereocenters. The van der Waals surface area contributed by atoms with Crippen LogP contribution < -0.4 is 5.73 Å². The van der Waals surface area contributed by atoms with Crippen LogP contribution in [0.4, 0.5) is 5.82 Å². The van der Waals surface area contributed by atoms with Crippen LogP contribution in [-0.2, 0) is 6.42 Å². The first-order valence-electron chi connectivity index (χ1n) is 5.97. The summed E-state index contributed by atoms with van der Waals surface area (Å²) in [6.07, 6.45) is 0.797. The van der Waals surface area contributed by atoms with Crippen molar-refractivity contribution in [3.63, 3.8) is 0 Å². The Morgan fingerprint density at radius 3 is 2.61 bits per heavy atom. The highest BCUT2D eigenvalue weighted by atomic mass is 32.2. The molecular weight excluding hydrogens is 242 g/mol. The van der Waals surface area contributed by atoms with E-state index in [1.54, 1.807) is 11.8 Å². The van der Waals surface area contributed by atoms with Gasteiger partial charge in [0.25, 0.3) is 0 Å². The van der Waals surface area contributed by atoms with Gasteiger partial charge in [0.15, 0.2) is 0 Å². The van der Waals surface area contributed by atoms with E-state index in [0.29, 0.717) is 5.82 Å². The van der Waals surface area contributed by atoms with Gasteiger partial charge >= 0.3 is 0 Å². The summed E-state index contributed by atoms with van der Waals surface area (Å²) in [5, 5.41) is 0.909. The van der Waals surface area contributed by atoms with Gasteiger partial charge in [-0.15, -0.1) is 0 Å². The molecule has 0 spiro atoms. The maximum Gasteiger partial charge on any atom is 0.131 e. The summed E-state index contributed by atoms with van der Waals surface area (Å²) in [4.78, 5) is 9.88. The Balaban J connectivity index is 2.30. The molecular formula is C14H17N3S. The van der Waals surface area contributed by atoms with Crippen molar-refractivity contribution in [3.05, 3.63) is 41.2 Å². The largest absolute Gasteiger partial charge is 0.384 e. The van der Waals surface area contributed by atoms with Gasteiger partial charge in [-0.1, -0.05) is 36.4 Å². The number of anilines is 1. The number of nitrogens with zero attached hydrogens (tertiary/aromatic N) is 2. The Hall–Kier alpha value is -1.55. The lowest BCUT2D eigenvalue weighted by molar-refractivity contribution is 0.894. The molecule has 0 amide bonds. The maximum absolute atomic E-state index is 5.79. The van der Waals surface area contributed by atoms with E-state index >= 15 is 0 Å². The Morgan fingerprint density at radius 1 is 1.17 bits per heavy atom. The topological polar surface area (TPSA) is 51.8 Å². The summed E-state index contributed by atoms with van der Waals surface area (Å²) in [5.41, 5.74) is 8.32. The monoisotopic (exact) mass is 259 g/mol. The molecule has 0 saturated heterocycles. The molecule has 1 aromatic heterocycles. The van der Waals surface area contributed by atoms with Crippen LogP contribution in [-0.4, -0.2) is 9.97 Å². The fourth-order valence-electron chi connectivity index (χ4n) is 1.73. The smallest absolute Gasteiger partial charge is 0.131 e. The molecule has 94 valence electrons. The van der Waals surface area contributed by atoms with Gasteiger partial charge < -0.3 is 5.73 Å². The minimum atomic E-state index is 0.536. The second-order valence-electron chi connectivity index (χ2n) is 4.27. The van der Waals surface area contributed by atoms with Crippen molar-refractivity contribution in [3.8, 4) is 0 Å². The van der Waals surface area contributed by atoms with E-state index in [1.165, 1.54) is 16.0 Å². The summed E-state index contributed by atoms with van der Waals surface area (Å²) in [5.74, 6) is 1.33. The number of nitrogens with two attached hydrogens (primary N) is 1. The highest BCUT2D eigenvalue weighted by Gasteiger charge is 2.05. The zero-order valence-corrected chi connectivity index (χ0v) is 11.7. The third-order valence-corrected chi connectivity index (χ3v) is 3.73. The first kappa shape index (κ1) is 12.9.